The lowest BCUT2D eigenvalue weighted by molar-refractivity contribution is 0.0967. The van der Waals surface area contributed by atoms with Crippen molar-refractivity contribution in [1.29, 1.82) is 0 Å². The molecular formula is C20H22N4O2S. The van der Waals surface area contributed by atoms with Crippen LogP contribution in [0.4, 0.5) is 5.69 Å². The van der Waals surface area contributed by atoms with Crippen LogP contribution in [0.1, 0.15) is 9.67 Å². The van der Waals surface area contributed by atoms with Gasteiger partial charge in [-0.05, 0) is 37.4 Å². The highest BCUT2D eigenvalue weighted by atomic mass is 32.1. The zero-order valence-corrected chi connectivity index (χ0v) is 16.3. The van der Waals surface area contributed by atoms with Gasteiger partial charge in [-0.1, -0.05) is 0 Å². The monoisotopic (exact) mass is 382 g/mol. The second-order valence-electron chi connectivity index (χ2n) is 6.63. The van der Waals surface area contributed by atoms with Gasteiger partial charge in [0.25, 0.3) is 5.91 Å². The molecule has 1 amide bonds. The molecule has 140 valence electrons. The number of anilines is 1. The van der Waals surface area contributed by atoms with E-state index in [2.05, 4.69) is 39.3 Å². The number of piperazine rings is 1. The maximum atomic E-state index is 11.9. The van der Waals surface area contributed by atoms with Gasteiger partial charge >= 0.3 is 0 Å². The van der Waals surface area contributed by atoms with Crippen molar-refractivity contribution < 1.29 is 9.53 Å². The van der Waals surface area contributed by atoms with Gasteiger partial charge in [0, 0.05) is 50.5 Å². The van der Waals surface area contributed by atoms with Gasteiger partial charge in [-0.25, -0.2) is 0 Å². The minimum Gasteiger partial charge on any atom is -0.455 e. The molecule has 0 atom stereocenters. The van der Waals surface area contributed by atoms with Crippen LogP contribution in [0.15, 0.2) is 42.7 Å². The zero-order valence-electron chi connectivity index (χ0n) is 15.4. The van der Waals surface area contributed by atoms with E-state index in [0.717, 1.165) is 42.0 Å². The number of hydrogen-bond donors (Lipinski definition) is 1. The van der Waals surface area contributed by atoms with Gasteiger partial charge in [-0.3, -0.25) is 9.78 Å². The molecule has 1 saturated heterocycles. The summed E-state index contributed by atoms with van der Waals surface area (Å²) in [5.41, 5.74) is 1.21. The summed E-state index contributed by atoms with van der Waals surface area (Å²) in [6, 6.07) is 10.0. The number of ether oxygens (including phenoxy) is 1. The van der Waals surface area contributed by atoms with E-state index < -0.39 is 0 Å². The van der Waals surface area contributed by atoms with Crippen LogP contribution in [0.5, 0.6) is 11.5 Å². The third-order valence-corrected chi connectivity index (χ3v) is 5.86. The molecule has 6 nitrogen and oxygen atoms in total. The molecule has 2 aromatic heterocycles. The Bertz CT molecular complexity index is 946. The van der Waals surface area contributed by atoms with Crippen molar-refractivity contribution in [3.05, 3.63) is 47.6 Å². The van der Waals surface area contributed by atoms with Crippen LogP contribution in [0.3, 0.4) is 0 Å². The summed E-state index contributed by atoms with van der Waals surface area (Å²) < 4.78 is 6.99. The van der Waals surface area contributed by atoms with Gasteiger partial charge in [-0.15, -0.1) is 11.3 Å². The molecule has 1 N–H and O–H groups in total. The third kappa shape index (κ3) is 3.74. The van der Waals surface area contributed by atoms with Crippen LogP contribution in [0, 0.1) is 0 Å². The molecule has 1 aliphatic heterocycles. The van der Waals surface area contributed by atoms with Crippen molar-refractivity contribution >= 4 is 33.0 Å². The Labute approximate surface area is 162 Å². The van der Waals surface area contributed by atoms with Gasteiger partial charge in [-0.2, -0.15) is 0 Å². The van der Waals surface area contributed by atoms with Crippen LogP contribution in [0.2, 0.25) is 0 Å². The number of nitrogens with one attached hydrogen (secondary N) is 1. The first kappa shape index (κ1) is 17.8. The molecule has 27 heavy (non-hydrogen) atoms. The molecule has 3 aromatic rings. The van der Waals surface area contributed by atoms with Crippen molar-refractivity contribution in [2.24, 2.45) is 0 Å². The highest BCUT2D eigenvalue weighted by molar-refractivity contribution is 7.20. The minimum absolute atomic E-state index is 0.0984. The lowest BCUT2D eigenvalue weighted by Crippen LogP contribution is -2.44. The summed E-state index contributed by atoms with van der Waals surface area (Å²) in [6.45, 7) is 4.24. The van der Waals surface area contributed by atoms with Crippen LogP contribution >= 0.6 is 11.3 Å². The van der Waals surface area contributed by atoms with Crippen molar-refractivity contribution in [1.82, 2.24) is 15.2 Å². The van der Waals surface area contributed by atoms with Crippen molar-refractivity contribution in [3.63, 3.8) is 0 Å². The van der Waals surface area contributed by atoms with E-state index in [-0.39, 0.29) is 5.91 Å². The number of fused-ring (bicyclic) bond motifs is 1. The summed E-state index contributed by atoms with van der Waals surface area (Å²) in [4.78, 5) is 21.5. The number of pyridine rings is 1. The van der Waals surface area contributed by atoms with Gasteiger partial charge < -0.3 is 19.9 Å². The Morgan fingerprint density at radius 1 is 1.15 bits per heavy atom. The van der Waals surface area contributed by atoms with E-state index >= 15 is 0 Å². The van der Waals surface area contributed by atoms with Crippen molar-refractivity contribution in [2.45, 2.75) is 0 Å². The molecule has 0 saturated carbocycles. The fraction of sp³-hybridized carbons (Fsp3) is 0.300. The molecule has 0 unspecified atom stereocenters. The van der Waals surface area contributed by atoms with E-state index in [4.69, 9.17) is 4.74 Å². The molecular weight excluding hydrogens is 360 g/mol. The Kier molecular flexibility index (Phi) is 4.96. The SMILES string of the molecule is CNC(=O)c1cc2c(Oc3ccc(N4CCN(C)CC4)cc3)cncc2s1. The molecule has 1 aliphatic rings. The van der Waals surface area contributed by atoms with Crippen LogP contribution in [-0.4, -0.2) is 56.1 Å². The molecule has 0 radical (unpaired) electrons. The average Bonchev–Trinajstić information content (AvgIpc) is 3.14. The molecule has 0 bridgehead atoms. The smallest absolute Gasteiger partial charge is 0.261 e. The first-order valence-corrected chi connectivity index (χ1v) is 9.77. The number of aromatic nitrogens is 1. The maximum absolute atomic E-state index is 11.9. The Morgan fingerprint density at radius 3 is 2.59 bits per heavy atom. The lowest BCUT2D eigenvalue weighted by atomic mass is 10.2. The highest BCUT2D eigenvalue weighted by Crippen LogP contribution is 2.34. The standard InChI is InChI=1S/C20H22N4O2S/c1-21-20(25)18-11-16-17(12-22-13-19(16)27-18)26-15-5-3-14(4-6-15)24-9-7-23(2)8-10-24/h3-6,11-13H,7-10H2,1-2H3,(H,21,25). The van der Waals surface area contributed by atoms with E-state index in [1.807, 2.05) is 18.2 Å². The predicted molar refractivity (Wildman–Crippen MR) is 109 cm³/mol. The minimum atomic E-state index is -0.0984. The molecule has 4 rings (SSSR count). The summed E-state index contributed by atoms with van der Waals surface area (Å²) >= 11 is 1.41. The zero-order chi connectivity index (χ0) is 18.8. The molecule has 1 aromatic carbocycles. The van der Waals surface area contributed by atoms with Crippen LogP contribution in [0.25, 0.3) is 10.1 Å². The fourth-order valence-corrected chi connectivity index (χ4v) is 4.16. The number of likely N-dealkylation sites (N-methyl/N-ethyl adjacent to an activating group) is 1. The summed E-state index contributed by atoms with van der Waals surface area (Å²) in [7, 11) is 3.78. The number of carbonyl (C=O) groups excluding carboxylic acids is 1. The predicted octanol–water partition coefficient (Wildman–Crippen LogP) is 3.20. The van der Waals surface area contributed by atoms with E-state index in [1.54, 1.807) is 19.4 Å². The fourth-order valence-electron chi connectivity index (χ4n) is 3.17. The largest absolute Gasteiger partial charge is 0.455 e. The number of rotatable bonds is 4. The van der Waals surface area contributed by atoms with Crippen molar-refractivity contribution in [2.75, 3.05) is 45.2 Å². The summed E-state index contributed by atoms with van der Waals surface area (Å²) in [5.74, 6) is 1.32. The van der Waals surface area contributed by atoms with Gasteiger partial charge in [0.1, 0.15) is 5.75 Å². The number of carbonyl (C=O) groups is 1. The second kappa shape index (κ2) is 7.54. The second-order valence-corrected chi connectivity index (χ2v) is 7.71. The Morgan fingerprint density at radius 2 is 1.89 bits per heavy atom. The first-order chi connectivity index (χ1) is 13.1. The Hall–Kier alpha value is -2.64. The maximum Gasteiger partial charge on any atom is 0.261 e. The summed E-state index contributed by atoms with van der Waals surface area (Å²) in [5, 5.41) is 3.55. The molecule has 1 fully saturated rings. The Balaban J connectivity index is 1.53. The molecule has 0 aliphatic carbocycles. The van der Waals surface area contributed by atoms with Gasteiger partial charge in [0.2, 0.25) is 0 Å². The topological polar surface area (TPSA) is 57.7 Å². The molecule has 0 spiro atoms. The average molecular weight is 382 g/mol. The van der Waals surface area contributed by atoms with Gasteiger partial charge in [0.05, 0.1) is 15.8 Å². The van der Waals surface area contributed by atoms with Crippen LogP contribution in [-0.2, 0) is 0 Å². The van der Waals surface area contributed by atoms with Crippen LogP contribution < -0.4 is 15.0 Å². The molecule has 3 heterocycles. The normalized spacial score (nSPS) is 15.1. The van der Waals surface area contributed by atoms with Crippen molar-refractivity contribution in [3.8, 4) is 11.5 Å². The third-order valence-electron chi connectivity index (χ3n) is 4.79. The number of hydrogen-bond acceptors (Lipinski definition) is 6. The van der Waals surface area contributed by atoms with E-state index in [1.165, 1.54) is 17.0 Å². The quantitative estimate of drug-likeness (QED) is 0.751. The number of nitrogens with zero attached hydrogens (tertiary/aromatic N) is 3. The van der Waals surface area contributed by atoms with E-state index in [9.17, 15) is 4.79 Å². The first-order valence-electron chi connectivity index (χ1n) is 8.95. The molecule has 7 heteroatoms. The van der Waals surface area contributed by atoms with E-state index in [0.29, 0.717) is 10.6 Å². The highest BCUT2D eigenvalue weighted by Gasteiger charge is 2.15. The number of thiophene rings is 1. The summed E-state index contributed by atoms with van der Waals surface area (Å²) in [6.07, 6.45) is 3.45. The number of amides is 1. The number of benzene rings is 1. The lowest BCUT2D eigenvalue weighted by Gasteiger charge is -2.34. The van der Waals surface area contributed by atoms with Gasteiger partial charge in [0.15, 0.2) is 5.75 Å².